The van der Waals surface area contributed by atoms with E-state index in [9.17, 15) is 22.8 Å². The van der Waals surface area contributed by atoms with Crippen LogP contribution >= 0.6 is 0 Å². The highest BCUT2D eigenvalue weighted by Gasteiger charge is 2.50. The van der Waals surface area contributed by atoms with E-state index in [4.69, 9.17) is 5.11 Å². The van der Waals surface area contributed by atoms with Gasteiger partial charge in [-0.25, -0.2) is 0 Å². The van der Waals surface area contributed by atoms with E-state index < -0.39 is 24.0 Å². The van der Waals surface area contributed by atoms with Crippen molar-refractivity contribution in [2.75, 3.05) is 6.61 Å². The van der Waals surface area contributed by atoms with E-state index in [1.165, 1.54) is 0 Å². The van der Waals surface area contributed by atoms with Crippen LogP contribution in [0.4, 0.5) is 13.2 Å². The maximum absolute atomic E-state index is 11.7. The standard InChI is InChI=1S/C6H7F3O3/c1-5(2-10,3-11)4(12)6(7,8)9/h2,11H,3H2,1H3/t5-/m0/s1. The minimum absolute atomic E-state index is 0.206. The predicted molar refractivity (Wildman–Crippen MR) is 32.3 cm³/mol. The summed E-state index contributed by atoms with van der Waals surface area (Å²) in [6.45, 7) is -0.412. The van der Waals surface area contributed by atoms with Crippen molar-refractivity contribution in [2.24, 2.45) is 5.41 Å². The van der Waals surface area contributed by atoms with Gasteiger partial charge in [0.1, 0.15) is 11.7 Å². The van der Waals surface area contributed by atoms with Gasteiger partial charge in [-0.3, -0.25) is 4.79 Å². The fourth-order valence-electron chi connectivity index (χ4n) is 0.486. The molecule has 0 heterocycles. The van der Waals surface area contributed by atoms with E-state index >= 15 is 0 Å². The molecule has 0 bridgehead atoms. The number of hydrogen-bond acceptors (Lipinski definition) is 3. The molecule has 0 rings (SSSR count). The summed E-state index contributed by atoms with van der Waals surface area (Å²) in [4.78, 5) is 20.5. The van der Waals surface area contributed by atoms with Crippen LogP contribution in [-0.4, -0.2) is 30.0 Å². The third kappa shape index (κ3) is 2.04. The molecule has 0 spiro atoms. The molecule has 3 nitrogen and oxygen atoms in total. The summed E-state index contributed by atoms with van der Waals surface area (Å²) in [6, 6.07) is 0. The van der Waals surface area contributed by atoms with E-state index in [-0.39, 0.29) is 6.29 Å². The normalized spacial score (nSPS) is 16.8. The summed E-state index contributed by atoms with van der Waals surface area (Å²) in [5, 5.41) is 8.37. The molecule has 0 unspecified atom stereocenters. The van der Waals surface area contributed by atoms with E-state index in [0.29, 0.717) is 0 Å². The van der Waals surface area contributed by atoms with Gasteiger partial charge in [-0.2, -0.15) is 13.2 Å². The Hall–Kier alpha value is -0.910. The zero-order valence-corrected chi connectivity index (χ0v) is 6.18. The summed E-state index contributed by atoms with van der Waals surface area (Å²) < 4.78 is 35.1. The molecule has 6 heteroatoms. The molecule has 0 aromatic rings. The largest absolute Gasteiger partial charge is 0.451 e. The van der Waals surface area contributed by atoms with Crippen molar-refractivity contribution in [2.45, 2.75) is 13.1 Å². The maximum Gasteiger partial charge on any atom is 0.451 e. The van der Waals surface area contributed by atoms with Crippen LogP contribution in [-0.2, 0) is 9.59 Å². The molecular formula is C6H7F3O3. The van der Waals surface area contributed by atoms with Crippen molar-refractivity contribution in [3.8, 4) is 0 Å². The van der Waals surface area contributed by atoms with Crippen LogP contribution in [0.1, 0.15) is 6.92 Å². The molecule has 0 fully saturated rings. The molecule has 0 amide bonds. The molecule has 1 N–H and O–H groups in total. The number of aliphatic hydroxyl groups is 1. The summed E-state index contributed by atoms with van der Waals surface area (Å²) in [7, 11) is 0. The summed E-state index contributed by atoms with van der Waals surface area (Å²) in [5.74, 6) is -2.23. The number of ketones is 1. The second kappa shape index (κ2) is 3.22. The van der Waals surface area contributed by atoms with Gasteiger partial charge in [-0.15, -0.1) is 0 Å². The molecule has 0 aliphatic carbocycles. The monoisotopic (exact) mass is 184 g/mol. The number of alkyl halides is 3. The highest BCUT2D eigenvalue weighted by molar-refractivity contribution is 6.01. The average Bonchev–Trinajstić information content (AvgIpc) is 2.00. The van der Waals surface area contributed by atoms with Gasteiger partial charge < -0.3 is 9.90 Å². The quantitative estimate of drug-likeness (QED) is 0.507. The smallest absolute Gasteiger partial charge is 0.395 e. The highest BCUT2D eigenvalue weighted by Crippen LogP contribution is 2.27. The lowest BCUT2D eigenvalue weighted by atomic mass is 9.88. The SMILES string of the molecule is C[C@](C=O)(CO)C(=O)C(F)(F)F. The summed E-state index contributed by atoms with van der Waals surface area (Å²) in [5.41, 5.74) is -2.36. The molecule has 0 aromatic heterocycles. The fraction of sp³-hybridized carbons (Fsp3) is 0.667. The molecular weight excluding hydrogens is 177 g/mol. The van der Waals surface area contributed by atoms with Gasteiger partial charge in [0.05, 0.1) is 6.61 Å². The Balaban J connectivity index is 4.78. The van der Waals surface area contributed by atoms with Crippen LogP contribution in [0.2, 0.25) is 0 Å². The fourth-order valence-corrected chi connectivity index (χ4v) is 0.486. The Morgan fingerprint density at radius 2 is 1.92 bits per heavy atom. The Morgan fingerprint density at radius 3 is 2.00 bits per heavy atom. The number of aldehydes is 1. The zero-order chi connectivity index (χ0) is 9.99. The minimum atomic E-state index is -5.08. The highest BCUT2D eigenvalue weighted by atomic mass is 19.4. The zero-order valence-electron chi connectivity index (χ0n) is 6.18. The number of carbonyl (C=O) groups excluding carboxylic acids is 2. The van der Waals surface area contributed by atoms with Gasteiger partial charge in [0.25, 0.3) is 5.78 Å². The van der Waals surface area contributed by atoms with Gasteiger partial charge in [-0.05, 0) is 6.92 Å². The molecule has 1 atom stereocenters. The van der Waals surface area contributed by atoms with Crippen LogP contribution < -0.4 is 0 Å². The molecule has 0 aromatic carbocycles. The van der Waals surface area contributed by atoms with E-state index in [1.54, 1.807) is 0 Å². The topological polar surface area (TPSA) is 54.4 Å². The first kappa shape index (κ1) is 11.1. The average molecular weight is 184 g/mol. The number of hydrogen-bond donors (Lipinski definition) is 1. The van der Waals surface area contributed by atoms with Crippen LogP contribution in [0.3, 0.4) is 0 Å². The maximum atomic E-state index is 11.7. The molecule has 0 saturated heterocycles. The molecule has 0 aliphatic rings. The lowest BCUT2D eigenvalue weighted by Gasteiger charge is -2.19. The predicted octanol–water partition coefficient (Wildman–Crippen LogP) is 0.315. The second-order valence-corrected chi connectivity index (χ2v) is 2.52. The third-order valence-electron chi connectivity index (χ3n) is 1.36. The number of Topliss-reactive ketones (excluding diaryl/α,β-unsaturated/α-hetero) is 1. The Morgan fingerprint density at radius 1 is 1.50 bits per heavy atom. The molecule has 0 aliphatic heterocycles. The van der Waals surface area contributed by atoms with Crippen molar-refractivity contribution < 1.29 is 27.9 Å². The first-order chi connectivity index (χ1) is 5.28. The first-order valence-electron chi connectivity index (χ1n) is 2.97. The van der Waals surface area contributed by atoms with Crippen molar-refractivity contribution in [1.82, 2.24) is 0 Å². The van der Waals surface area contributed by atoms with E-state index in [0.717, 1.165) is 6.92 Å². The molecule has 0 saturated carbocycles. The van der Waals surface area contributed by atoms with Crippen molar-refractivity contribution in [1.29, 1.82) is 0 Å². The van der Waals surface area contributed by atoms with E-state index in [2.05, 4.69) is 0 Å². The van der Waals surface area contributed by atoms with Crippen molar-refractivity contribution >= 4 is 12.1 Å². The Kier molecular flexibility index (Phi) is 2.98. The molecule has 70 valence electrons. The second-order valence-electron chi connectivity index (χ2n) is 2.52. The summed E-state index contributed by atoms with van der Waals surface area (Å²) >= 11 is 0. The number of aliphatic hydroxyl groups excluding tert-OH is 1. The first-order valence-corrected chi connectivity index (χ1v) is 2.97. The Labute approximate surface area is 66.2 Å². The van der Waals surface area contributed by atoms with Crippen LogP contribution in [0.25, 0.3) is 0 Å². The number of halogens is 3. The molecule has 12 heavy (non-hydrogen) atoms. The number of rotatable bonds is 3. The van der Waals surface area contributed by atoms with Crippen LogP contribution in [0.5, 0.6) is 0 Å². The van der Waals surface area contributed by atoms with Gasteiger partial charge >= 0.3 is 6.18 Å². The summed E-state index contributed by atoms with van der Waals surface area (Å²) in [6.07, 6.45) is -5.29. The van der Waals surface area contributed by atoms with Gasteiger partial charge in [0.15, 0.2) is 0 Å². The van der Waals surface area contributed by atoms with E-state index in [1.807, 2.05) is 0 Å². The third-order valence-corrected chi connectivity index (χ3v) is 1.36. The lowest BCUT2D eigenvalue weighted by molar-refractivity contribution is -0.183. The van der Waals surface area contributed by atoms with Gasteiger partial charge in [0.2, 0.25) is 0 Å². The van der Waals surface area contributed by atoms with Gasteiger partial charge in [-0.1, -0.05) is 0 Å². The van der Waals surface area contributed by atoms with Gasteiger partial charge in [0, 0.05) is 0 Å². The minimum Gasteiger partial charge on any atom is -0.395 e. The van der Waals surface area contributed by atoms with Crippen LogP contribution in [0.15, 0.2) is 0 Å². The number of carbonyl (C=O) groups is 2. The Bertz CT molecular complexity index is 199. The van der Waals surface area contributed by atoms with Crippen molar-refractivity contribution in [3.05, 3.63) is 0 Å². The van der Waals surface area contributed by atoms with Crippen molar-refractivity contribution in [3.63, 3.8) is 0 Å². The van der Waals surface area contributed by atoms with Crippen LogP contribution in [0, 0.1) is 5.41 Å². The lowest BCUT2D eigenvalue weighted by Crippen LogP contribution is -2.42. The molecule has 0 radical (unpaired) electrons.